The predicted octanol–water partition coefficient (Wildman–Crippen LogP) is 1.50. The van der Waals surface area contributed by atoms with Gasteiger partial charge in [-0.1, -0.05) is 6.07 Å². The van der Waals surface area contributed by atoms with Crippen LogP contribution >= 0.6 is 0 Å². The van der Waals surface area contributed by atoms with Crippen molar-refractivity contribution in [1.82, 2.24) is 10.3 Å². The first-order valence-corrected chi connectivity index (χ1v) is 4.94. The zero-order valence-electron chi connectivity index (χ0n) is 8.51. The number of aliphatic carboxylic acids is 1. The monoisotopic (exact) mass is 221 g/mol. The normalized spacial score (nSPS) is 10.5. The highest BCUT2D eigenvalue weighted by atomic mass is 16.6. The molecule has 1 aromatic heterocycles. The van der Waals surface area contributed by atoms with Gasteiger partial charge < -0.3 is 10.4 Å². The maximum atomic E-state index is 10.3. The molecule has 0 bridgehead atoms. The molecule has 0 radical (unpaired) electrons. The molecule has 2 aromatic rings. The molecule has 0 aliphatic heterocycles. The number of hydrogen-bond acceptors (Lipinski definition) is 5. The van der Waals surface area contributed by atoms with E-state index in [0.29, 0.717) is 24.0 Å². The summed E-state index contributed by atoms with van der Waals surface area (Å²) in [6.07, 6.45) is 0.719. The number of fused-ring (bicyclic) bond motifs is 1. The fourth-order valence-electron chi connectivity index (χ4n) is 1.41. The first-order valence-electron chi connectivity index (χ1n) is 4.94. The van der Waals surface area contributed by atoms with Gasteiger partial charge in [0.1, 0.15) is 5.52 Å². The van der Waals surface area contributed by atoms with Gasteiger partial charge in [0.25, 0.3) is 0 Å². The molecular weight excluding hydrogens is 210 g/mol. The number of anilines is 1. The van der Waals surface area contributed by atoms with E-state index in [1.807, 2.05) is 12.1 Å². The van der Waals surface area contributed by atoms with Crippen LogP contribution in [0, 0.1) is 0 Å². The minimum absolute atomic E-state index is 0.153. The van der Waals surface area contributed by atoms with Crippen molar-refractivity contribution in [3.63, 3.8) is 0 Å². The molecular formula is C10H11N3O3. The highest BCUT2D eigenvalue weighted by molar-refractivity contribution is 5.86. The lowest BCUT2D eigenvalue weighted by Gasteiger charge is -2.04. The van der Waals surface area contributed by atoms with Crippen molar-refractivity contribution in [3.05, 3.63) is 18.2 Å². The molecule has 16 heavy (non-hydrogen) atoms. The highest BCUT2D eigenvalue weighted by Gasteiger charge is 2.05. The van der Waals surface area contributed by atoms with E-state index in [9.17, 15) is 4.79 Å². The number of carbonyl (C=O) groups is 1. The molecule has 6 nitrogen and oxygen atoms in total. The van der Waals surface area contributed by atoms with Gasteiger partial charge in [-0.2, -0.15) is 0 Å². The van der Waals surface area contributed by atoms with Crippen LogP contribution in [0.1, 0.15) is 12.8 Å². The second-order valence-electron chi connectivity index (χ2n) is 3.36. The number of benzene rings is 1. The van der Waals surface area contributed by atoms with Crippen LogP contribution in [0.5, 0.6) is 0 Å². The molecule has 2 N–H and O–H groups in total. The zero-order valence-corrected chi connectivity index (χ0v) is 8.51. The fourth-order valence-corrected chi connectivity index (χ4v) is 1.41. The second-order valence-corrected chi connectivity index (χ2v) is 3.36. The summed E-state index contributed by atoms with van der Waals surface area (Å²) in [5.74, 6) is -0.789. The summed E-state index contributed by atoms with van der Waals surface area (Å²) >= 11 is 0. The number of rotatable bonds is 5. The molecule has 6 heteroatoms. The number of nitrogens with zero attached hydrogens (tertiary/aromatic N) is 2. The Bertz CT molecular complexity index is 495. The van der Waals surface area contributed by atoms with Crippen LogP contribution in [0.25, 0.3) is 11.0 Å². The Morgan fingerprint density at radius 2 is 2.31 bits per heavy atom. The van der Waals surface area contributed by atoms with Crippen molar-refractivity contribution < 1.29 is 14.5 Å². The van der Waals surface area contributed by atoms with E-state index in [-0.39, 0.29) is 6.42 Å². The summed E-state index contributed by atoms with van der Waals surface area (Å²) in [6, 6.07) is 5.49. The maximum Gasteiger partial charge on any atom is 0.303 e. The van der Waals surface area contributed by atoms with Gasteiger partial charge >= 0.3 is 5.97 Å². The molecule has 0 atom stereocenters. The summed E-state index contributed by atoms with van der Waals surface area (Å²) in [7, 11) is 0. The number of nitrogens with one attached hydrogen (secondary N) is 1. The molecule has 0 aliphatic rings. The average molecular weight is 221 g/mol. The number of hydrogen-bond donors (Lipinski definition) is 2. The lowest BCUT2D eigenvalue weighted by atomic mass is 10.2. The SMILES string of the molecule is O=C(O)CCCNc1cccc2nonc12. The summed E-state index contributed by atoms with van der Waals surface area (Å²) in [4.78, 5) is 10.3. The minimum Gasteiger partial charge on any atom is -0.481 e. The van der Waals surface area contributed by atoms with Crippen LogP contribution in [0.4, 0.5) is 5.69 Å². The quantitative estimate of drug-likeness (QED) is 0.744. The largest absolute Gasteiger partial charge is 0.481 e. The standard InChI is InChI=1S/C10H11N3O3/c14-9(15)5-2-6-11-7-3-1-4-8-10(7)13-16-12-8/h1,3-4,11H,2,5-6H2,(H,14,15). The van der Waals surface area contributed by atoms with E-state index in [1.54, 1.807) is 6.07 Å². The van der Waals surface area contributed by atoms with Gasteiger partial charge in [-0.15, -0.1) is 0 Å². The average Bonchev–Trinajstić information content (AvgIpc) is 2.72. The summed E-state index contributed by atoms with van der Waals surface area (Å²) in [6.45, 7) is 0.582. The van der Waals surface area contributed by atoms with E-state index in [2.05, 4.69) is 20.3 Å². The smallest absolute Gasteiger partial charge is 0.303 e. The molecule has 0 saturated heterocycles. The van der Waals surface area contributed by atoms with Crippen LogP contribution in [0.2, 0.25) is 0 Å². The third-order valence-electron chi connectivity index (χ3n) is 2.17. The Morgan fingerprint density at radius 3 is 3.12 bits per heavy atom. The van der Waals surface area contributed by atoms with Crippen molar-refractivity contribution in [3.8, 4) is 0 Å². The third-order valence-corrected chi connectivity index (χ3v) is 2.17. The number of carboxylic acids is 1. The molecule has 0 fully saturated rings. The first kappa shape index (κ1) is 10.4. The van der Waals surface area contributed by atoms with Crippen molar-refractivity contribution in [1.29, 1.82) is 0 Å². The van der Waals surface area contributed by atoms with Crippen LogP contribution in [0.15, 0.2) is 22.8 Å². The number of aromatic nitrogens is 2. The van der Waals surface area contributed by atoms with Gasteiger partial charge in [0.2, 0.25) is 0 Å². The Balaban J connectivity index is 1.98. The molecule has 0 unspecified atom stereocenters. The van der Waals surface area contributed by atoms with E-state index in [0.717, 1.165) is 5.69 Å². The lowest BCUT2D eigenvalue weighted by molar-refractivity contribution is -0.137. The van der Waals surface area contributed by atoms with Crippen LogP contribution in [-0.2, 0) is 4.79 Å². The van der Waals surface area contributed by atoms with Gasteiger partial charge in [-0.25, -0.2) is 4.63 Å². The van der Waals surface area contributed by atoms with Gasteiger partial charge in [-0.05, 0) is 28.9 Å². The van der Waals surface area contributed by atoms with Crippen molar-refractivity contribution in [2.45, 2.75) is 12.8 Å². The summed E-state index contributed by atoms with van der Waals surface area (Å²) < 4.78 is 4.62. The van der Waals surface area contributed by atoms with Gasteiger partial charge in [-0.3, -0.25) is 4.79 Å². The van der Waals surface area contributed by atoms with Gasteiger partial charge in [0, 0.05) is 13.0 Å². The molecule has 1 heterocycles. The van der Waals surface area contributed by atoms with Crippen LogP contribution < -0.4 is 5.32 Å². The van der Waals surface area contributed by atoms with E-state index >= 15 is 0 Å². The van der Waals surface area contributed by atoms with E-state index < -0.39 is 5.97 Å². The molecule has 0 amide bonds. The van der Waals surface area contributed by atoms with Gasteiger partial charge in [0.05, 0.1) is 5.69 Å². The zero-order chi connectivity index (χ0) is 11.4. The topological polar surface area (TPSA) is 88.2 Å². The Morgan fingerprint density at radius 1 is 1.44 bits per heavy atom. The fraction of sp³-hybridized carbons (Fsp3) is 0.300. The maximum absolute atomic E-state index is 10.3. The Labute approximate surface area is 91.2 Å². The molecule has 0 aliphatic carbocycles. The Kier molecular flexibility index (Phi) is 3.00. The van der Waals surface area contributed by atoms with Crippen molar-refractivity contribution in [2.75, 3.05) is 11.9 Å². The minimum atomic E-state index is -0.789. The van der Waals surface area contributed by atoms with Crippen LogP contribution in [-0.4, -0.2) is 27.9 Å². The van der Waals surface area contributed by atoms with Gasteiger partial charge in [0.15, 0.2) is 5.52 Å². The number of carboxylic acid groups (broad SMARTS) is 1. The van der Waals surface area contributed by atoms with Crippen molar-refractivity contribution in [2.24, 2.45) is 0 Å². The summed E-state index contributed by atoms with van der Waals surface area (Å²) in [5.41, 5.74) is 2.16. The second kappa shape index (κ2) is 4.61. The molecule has 1 aromatic carbocycles. The van der Waals surface area contributed by atoms with Crippen LogP contribution in [0.3, 0.4) is 0 Å². The third kappa shape index (κ3) is 2.28. The lowest BCUT2D eigenvalue weighted by Crippen LogP contribution is -2.05. The molecule has 2 rings (SSSR count). The van der Waals surface area contributed by atoms with E-state index in [4.69, 9.17) is 5.11 Å². The molecule has 84 valence electrons. The Hall–Kier alpha value is -2.11. The molecule has 0 saturated carbocycles. The first-order chi connectivity index (χ1) is 7.77. The van der Waals surface area contributed by atoms with E-state index in [1.165, 1.54) is 0 Å². The predicted molar refractivity (Wildman–Crippen MR) is 57.2 cm³/mol. The van der Waals surface area contributed by atoms with Crippen molar-refractivity contribution >= 4 is 22.7 Å². The molecule has 0 spiro atoms. The highest BCUT2D eigenvalue weighted by Crippen LogP contribution is 2.19. The summed E-state index contributed by atoms with van der Waals surface area (Å²) in [5, 5.41) is 19.1.